The van der Waals surface area contributed by atoms with Crippen LogP contribution in [0.3, 0.4) is 0 Å². The molecule has 48 heavy (non-hydrogen) atoms. The average Bonchev–Trinajstić information content (AvgIpc) is 3.54. The maximum atomic E-state index is 13.1. The van der Waals surface area contributed by atoms with Crippen LogP contribution >= 0.6 is 11.3 Å². The van der Waals surface area contributed by atoms with Crippen LogP contribution in [0.15, 0.2) is 121 Å². The van der Waals surface area contributed by atoms with Crippen molar-refractivity contribution >= 4 is 51.6 Å². The number of hydrogen-bond donors (Lipinski definition) is 0. The Bertz CT molecular complexity index is 2000. The van der Waals surface area contributed by atoms with Crippen molar-refractivity contribution in [3.8, 4) is 23.0 Å². The molecule has 4 aromatic carbocycles. The normalized spacial score (nSPS) is 11.4. The number of thiazole rings is 1. The van der Waals surface area contributed by atoms with E-state index >= 15 is 0 Å². The number of carbonyl (C=O) groups is 4. The maximum Gasteiger partial charge on any atom is 0.343 e. The van der Waals surface area contributed by atoms with Gasteiger partial charge in [-0.2, -0.15) is 0 Å². The van der Waals surface area contributed by atoms with Gasteiger partial charge in [-0.3, -0.25) is 4.99 Å². The Kier molecular flexibility index (Phi) is 10.6. The molecule has 5 rings (SSSR count). The molecular formula is C37H28N2O8S. The third-order valence-corrected chi connectivity index (χ3v) is 7.86. The number of fused-ring (bicyclic) bond motifs is 1. The van der Waals surface area contributed by atoms with E-state index in [1.807, 2.05) is 31.2 Å². The maximum absolute atomic E-state index is 13.1. The van der Waals surface area contributed by atoms with Crippen molar-refractivity contribution in [3.05, 3.63) is 138 Å². The summed E-state index contributed by atoms with van der Waals surface area (Å²) in [4.78, 5) is 58.5. The van der Waals surface area contributed by atoms with Crippen molar-refractivity contribution in [1.29, 1.82) is 0 Å². The zero-order valence-corrected chi connectivity index (χ0v) is 26.5. The van der Waals surface area contributed by atoms with E-state index in [9.17, 15) is 19.2 Å². The highest BCUT2D eigenvalue weighted by Crippen LogP contribution is 2.31. The summed E-state index contributed by atoms with van der Waals surface area (Å²) in [6, 6.07) is 23.7. The Morgan fingerprint density at radius 1 is 0.750 bits per heavy atom. The molecule has 5 aromatic rings. The van der Waals surface area contributed by atoms with E-state index < -0.39 is 23.9 Å². The molecule has 0 fully saturated rings. The lowest BCUT2D eigenvalue weighted by atomic mass is 10.1. The lowest BCUT2D eigenvalue weighted by molar-refractivity contribution is -0.129. The molecule has 1 heterocycles. The monoisotopic (exact) mass is 660 g/mol. The summed E-state index contributed by atoms with van der Waals surface area (Å²) >= 11 is 1.55. The number of esters is 4. The standard InChI is InChI=1S/C37H28N2O8S/c1-4-29(35-39-30-9-7-8-10-32(30)48-35)38-22-25-21-28(46-36(42)23-11-15-26(16-12-23)44-33(40)5-2)19-20-31(25)47-37(43)24-13-17-27(18-14-24)45-34(41)6-3/h5-22,29H,2-4H2,1H3/b38-22+. The molecular weight excluding hydrogens is 632 g/mol. The van der Waals surface area contributed by atoms with Gasteiger partial charge in [0.05, 0.1) is 21.3 Å². The van der Waals surface area contributed by atoms with Gasteiger partial charge in [0.25, 0.3) is 0 Å². The van der Waals surface area contributed by atoms with Crippen molar-refractivity contribution in [3.63, 3.8) is 0 Å². The van der Waals surface area contributed by atoms with Gasteiger partial charge in [0.15, 0.2) is 0 Å². The van der Waals surface area contributed by atoms with E-state index in [1.165, 1.54) is 66.7 Å². The number of hydrogen-bond acceptors (Lipinski definition) is 11. The Labute approximate surface area is 279 Å². The first-order valence-corrected chi connectivity index (χ1v) is 15.4. The lowest BCUT2D eigenvalue weighted by Crippen LogP contribution is -2.12. The van der Waals surface area contributed by atoms with E-state index in [0.717, 1.165) is 27.4 Å². The summed E-state index contributed by atoms with van der Waals surface area (Å²) in [7, 11) is 0. The van der Waals surface area contributed by atoms with Crippen LogP contribution in [0.25, 0.3) is 10.2 Å². The number of para-hydroxylation sites is 1. The third kappa shape index (κ3) is 8.33. The first-order chi connectivity index (χ1) is 23.3. The molecule has 0 saturated carbocycles. The number of benzene rings is 4. The van der Waals surface area contributed by atoms with Crippen LogP contribution in [0, 0.1) is 0 Å². The fraction of sp³-hybridized carbons (Fsp3) is 0.0811. The minimum absolute atomic E-state index is 0.165. The molecule has 0 bridgehead atoms. The molecule has 240 valence electrons. The summed E-state index contributed by atoms with van der Waals surface area (Å²) in [5, 5.41) is 0.829. The van der Waals surface area contributed by atoms with Crippen LogP contribution in [0.5, 0.6) is 23.0 Å². The van der Waals surface area contributed by atoms with Gasteiger partial charge in [-0.05, 0) is 85.3 Å². The van der Waals surface area contributed by atoms with Crippen LogP contribution in [0.2, 0.25) is 0 Å². The number of carbonyl (C=O) groups excluding carboxylic acids is 4. The van der Waals surface area contributed by atoms with Gasteiger partial charge in [0, 0.05) is 23.9 Å². The average molecular weight is 661 g/mol. The van der Waals surface area contributed by atoms with Crippen LogP contribution in [0.1, 0.15) is 50.7 Å². The smallest absolute Gasteiger partial charge is 0.343 e. The quantitative estimate of drug-likeness (QED) is 0.0578. The van der Waals surface area contributed by atoms with E-state index in [1.54, 1.807) is 17.6 Å². The molecule has 0 saturated heterocycles. The first-order valence-electron chi connectivity index (χ1n) is 14.6. The predicted molar refractivity (Wildman–Crippen MR) is 181 cm³/mol. The van der Waals surface area contributed by atoms with Crippen molar-refractivity contribution < 1.29 is 38.1 Å². The second kappa shape index (κ2) is 15.4. The fourth-order valence-electron chi connectivity index (χ4n) is 4.29. The highest BCUT2D eigenvalue weighted by atomic mass is 32.1. The first kappa shape index (κ1) is 33.2. The zero-order valence-electron chi connectivity index (χ0n) is 25.7. The van der Waals surface area contributed by atoms with Crippen molar-refractivity contribution in [2.75, 3.05) is 0 Å². The van der Waals surface area contributed by atoms with Crippen LogP contribution in [-0.4, -0.2) is 35.1 Å². The molecule has 0 radical (unpaired) electrons. The number of nitrogens with zero attached hydrogens (tertiary/aromatic N) is 2. The van der Waals surface area contributed by atoms with Gasteiger partial charge < -0.3 is 18.9 Å². The van der Waals surface area contributed by atoms with Gasteiger partial charge in [0.1, 0.15) is 34.0 Å². The van der Waals surface area contributed by atoms with Crippen LogP contribution in [-0.2, 0) is 9.59 Å². The topological polar surface area (TPSA) is 130 Å². The van der Waals surface area contributed by atoms with Gasteiger partial charge in [-0.1, -0.05) is 32.2 Å². The second-order valence-electron chi connectivity index (χ2n) is 10.00. The second-order valence-corrected chi connectivity index (χ2v) is 11.1. The summed E-state index contributed by atoms with van der Waals surface area (Å²) in [6.45, 7) is 8.71. The zero-order chi connectivity index (χ0) is 34.0. The lowest BCUT2D eigenvalue weighted by Gasteiger charge is -2.12. The van der Waals surface area contributed by atoms with Gasteiger partial charge in [0.2, 0.25) is 0 Å². The number of aromatic nitrogens is 1. The highest BCUT2D eigenvalue weighted by molar-refractivity contribution is 7.18. The Balaban J connectivity index is 1.40. The van der Waals surface area contributed by atoms with Crippen molar-refractivity contribution in [1.82, 2.24) is 4.98 Å². The Hall–Kier alpha value is -6.20. The molecule has 0 aliphatic rings. The van der Waals surface area contributed by atoms with Crippen molar-refractivity contribution in [2.24, 2.45) is 4.99 Å². The largest absolute Gasteiger partial charge is 0.423 e. The molecule has 0 amide bonds. The van der Waals surface area contributed by atoms with E-state index in [4.69, 9.17) is 28.9 Å². The summed E-state index contributed by atoms with van der Waals surface area (Å²) < 4.78 is 22.5. The molecule has 0 aliphatic heterocycles. The SMILES string of the molecule is C=CC(=O)Oc1ccc(C(=O)Oc2ccc(OC(=O)c3ccc(OC(=O)C=C)cc3)c(/C=N/C(CC)c3nc4ccccc4s3)c2)cc1. The molecule has 0 aliphatic carbocycles. The fourth-order valence-corrected chi connectivity index (χ4v) is 5.39. The van der Waals surface area contributed by atoms with Gasteiger partial charge >= 0.3 is 23.9 Å². The molecule has 0 N–H and O–H groups in total. The number of rotatable bonds is 12. The summed E-state index contributed by atoms with van der Waals surface area (Å²) in [6.07, 6.45) is 4.28. The van der Waals surface area contributed by atoms with E-state index in [0.29, 0.717) is 12.0 Å². The van der Waals surface area contributed by atoms with Crippen molar-refractivity contribution in [2.45, 2.75) is 19.4 Å². The van der Waals surface area contributed by atoms with Crippen LogP contribution in [0.4, 0.5) is 0 Å². The summed E-state index contributed by atoms with van der Waals surface area (Å²) in [5.74, 6) is -1.77. The minimum atomic E-state index is -0.675. The predicted octanol–water partition coefficient (Wildman–Crippen LogP) is 7.49. The molecule has 10 nitrogen and oxygen atoms in total. The number of aliphatic imine (C=N–C) groups is 1. The minimum Gasteiger partial charge on any atom is -0.423 e. The van der Waals surface area contributed by atoms with Gasteiger partial charge in [-0.25, -0.2) is 24.2 Å². The van der Waals surface area contributed by atoms with E-state index in [2.05, 4.69) is 13.2 Å². The summed E-state index contributed by atoms with van der Waals surface area (Å²) in [5.41, 5.74) is 1.67. The molecule has 11 heteroatoms. The Morgan fingerprint density at radius 3 is 1.88 bits per heavy atom. The molecule has 1 aromatic heterocycles. The van der Waals surface area contributed by atoms with Gasteiger partial charge in [-0.15, -0.1) is 11.3 Å². The van der Waals surface area contributed by atoms with Crippen LogP contribution < -0.4 is 18.9 Å². The Morgan fingerprint density at radius 2 is 1.31 bits per heavy atom. The van der Waals surface area contributed by atoms with E-state index in [-0.39, 0.29) is 40.2 Å². The number of ether oxygens (including phenoxy) is 4. The highest BCUT2D eigenvalue weighted by Gasteiger charge is 2.17. The third-order valence-electron chi connectivity index (χ3n) is 6.72. The molecule has 1 unspecified atom stereocenters. The molecule has 0 spiro atoms. The molecule has 1 atom stereocenters.